The van der Waals surface area contributed by atoms with Gasteiger partial charge in [0.05, 0.1) is 17.7 Å². The minimum atomic E-state index is 0.501. The molecule has 1 aliphatic heterocycles. The second-order valence-electron chi connectivity index (χ2n) is 6.50. The molecule has 0 bridgehead atoms. The number of aromatic nitrogens is 2. The van der Waals surface area contributed by atoms with E-state index in [1.165, 1.54) is 31.2 Å². The lowest BCUT2D eigenvalue weighted by Crippen LogP contribution is -2.31. The lowest BCUT2D eigenvalue weighted by atomic mass is 9.75. The zero-order chi connectivity index (χ0) is 14.9. The fourth-order valence-electron chi connectivity index (χ4n) is 3.95. The number of fused-ring (bicyclic) bond motifs is 1. The summed E-state index contributed by atoms with van der Waals surface area (Å²) in [5.41, 5.74) is 9.21. The van der Waals surface area contributed by atoms with Gasteiger partial charge in [-0.2, -0.15) is 0 Å². The van der Waals surface area contributed by atoms with Crippen molar-refractivity contribution in [3.63, 3.8) is 0 Å². The zero-order valence-corrected chi connectivity index (χ0v) is 12.8. The Labute approximate surface area is 130 Å². The number of H-pyrrole nitrogens is 1. The van der Waals surface area contributed by atoms with E-state index in [4.69, 9.17) is 5.73 Å². The van der Waals surface area contributed by atoms with Crippen LogP contribution in [0.5, 0.6) is 0 Å². The predicted molar refractivity (Wildman–Crippen MR) is 89.1 cm³/mol. The molecule has 0 radical (unpaired) electrons. The van der Waals surface area contributed by atoms with Crippen LogP contribution in [-0.4, -0.2) is 28.1 Å². The van der Waals surface area contributed by atoms with E-state index in [1.54, 1.807) is 0 Å². The van der Waals surface area contributed by atoms with Gasteiger partial charge in [0, 0.05) is 18.9 Å². The third kappa shape index (κ3) is 2.51. The van der Waals surface area contributed by atoms with Gasteiger partial charge in [-0.25, -0.2) is 4.98 Å². The monoisotopic (exact) mass is 297 g/mol. The Morgan fingerprint density at radius 3 is 3.05 bits per heavy atom. The molecule has 4 rings (SSSR count). The normalized spacial score (nSPS) is 24.8. The summed E-state index contributed by atoms with van der Waals surface area (Å²) in [5.74, 6) is 1.85. The maximum absolute atomic E-state index is 5.77. The van der Waals surface area contributed by atoms with Crippen LogP contribution in [0, 0.1) is 5.92 Å². The highest BCUT2D eigenvalue weighted by Gasteiger charge is 2.28. The first-order chi connectivity index (χ1) is 10.8. The highest BCUT2D eigenvalue weighted by atomic mass is 15.2. The molecule has 2 aromatic rings. The second kappa shape index (κ2) is 5.55. The smallest absolute Gasteiger partial charge is 0.198 e. The van der Waals surface area contributed by atoms with Crippen molar-refractivity contribution in [2.75, 3.05) is 18.9 Å². The Kier molecular flexibility index (Phi) is 3.41. The molecule has 0 saturated heterocycles. The first kappa shape index (κ1) is 13.5. The van der Waals surface area contributed by atoms with Crippen molar-refractivity contribution in [2.24, 2.45) is 5.92 Å². The number of nitrogen functional groups attached to an aromatic ring is 1. The standard InChI is InChI=1S/C17H23N5/c18-17-20-15-6-5-12(9-16(15)21-17)14-4-2-1-3-13(14)10-22-8-7-19-11-22/h5-9,13-14,19H,1-4,10-11H2,(H3,18,20,21). The topological polar surface area (TPSA) is 70.0 Å². The lowest BCUT2D eigenvalue weighted by molar-refractivity contribution is 0.231. The quantitative estimate of drug-likeness (QED) is 0.815. The molecule has 1 aromatic heterocycles. The summed E-state index contributed by atoms with van der Waals surface area (Å²) < 4.78 is 0. The van der Waals surface area contributed by atoms with Gasteiger partial charge in [-0.3, -0.25) is 0 Å². The van der Waals surface area contributed by atoms with Gasteiger partial charge >= 0.3 is 0 Å². The van der Waals surface area contributed by atoms with Gasteiger partial charge in [0.25, 0.3) is 0 Å². The molecule has 2 atom stereocenters. The predicted octanol–water partition coefficient (Wildman–Crippen LogP) is 2.75. The van der Waals surface area contributed by atoms with E-state index in [9.17, 15) is 0 Å². The Morgan fingerprint density at radius 2 is 2.18 bits per heavy atom. The molecule has 2 unspecified atom stereocenters. The Morgan fingerprint density at radius 1 is 1.27 bits per heavy atom. The summed E-state index contributed by atoms with van der Waals surface area (Å²) in [7, 11) is 0. The maximum atomic E-state index is 5.77. The van der Waals surface area contributed by atoms with E-state index < -0.39 is 0 Å². The molecule has 4 N–H and O–H groups in total. The first-order valence-corrected chi connectivity index (χ1v) is 8.19. The maximum Gasteiger partial charge on any atom is 0.198 e. The minimum Gasteiger partial charge on any atom is -0.373 e. The van der Waals surface area contributed by atoms with E-state index in [0.717, 1.165) is 30.2 Å². The number of nitrogens with one attached hydrogen (secondary N) is 2. The minimum absolute atomic E-state index is 0.501. The number of hydrogen-bond donors (Lipinski definition) is 3. The van der Waals surface area contributed by atoms with Gasteiger partial charge in [0.15, 0.2) is 5.95 Å². The number of rotatable bonds is 3. The molecule has 22 heavy (non-hydrogen) atoms. The molecule has 5 heteroatoms. The zero-order valence-electron chi connectivity index (χ0n) is 12.8. The Hall–Kier alpha value is -2.17. The fourth-order valence-corrected chi connectivity index (χ4v) is 3.95. The van der Waals surface area contributed by atoms with Crippen LogP contribution >= 0.6 is 0 Å². The number of benzene rings is 1. The number of hydrogen-bond acceptors (Lipinski definition) is 4. The number of aromatic amines is 1. The van der Waals surface area contributed by atoms with E-state index in [-0.39, 0.29) is 0 Å². The van der Waals surface area contributed by atoms with Gasteiger partial charge in [-0.05, 0) is 42.4 Å². The summed E-state index contributed by atoms with van der Waals surface area (Å²) in [6.45, 7) is 2.08. The first-order valence-electron chi connectivity index (χ1n) is 8.19. The van der Waals surface area contributed by atoms with Crippen molar-refractivity contribution in [3.05, 3.63) is 36.2 Å². The Balaban J connectivity index is 1.59. The van der Waals surface area contributed by atoms with Crippen LogP contribution in [0.3, 0.4) is 0 Å². The summed E-state index contributed by atoms with van der Waals surface area (Å²) >= 11 is 0. The molecular formula is C17H23N5. The van der Waals surface area contributed by atoms with Gasteiger partial charge in [-0.15, -0.1) is 0 Å². The summed E-state index contributed by atoms with van der Waals surface area (Å²) in [4.78, 5) is 9.84. The molecule has 0 spiro atoms. The van der Waals surface area contributed by atoms with E-state index >= 15 is 0 Å². The molecule has 2 aliphatic rings. The summed E-state index contributed by atoms with van der Waals surface area (Å²) in [6, 6.07) is 6.59. The third-order valence-corrected chi connectivity index (χ3v) is 5.03. The number of imidazole rings is 1. The molecular weight excluding hydrogens is 274 g/mol. The van der Waals surface area contributed by atoms with Gasteiger partial charge < -0.3 is 20.9 Å². The lowest BCUT2D eigenvalue weighted by Gasteiger charge is -2.34. The van der Waals surface area contributed by atoms with Crippen molar-refractivity contribution in [1.29, 1.82) is 0 Å². The molecule has 2 heterocycles. The van der Waals surface area contributed by atoms with Crippen LogP contribution in [0.25, 0.3) is 11.0 Å². The van der Waals surface area contributed by atoms with Gasteiger partial charge in [0.2, 0.25) is 0 Å². The van der Waals surface area contributed by atoms with Gasteiger partial charge in [0.1, 0.15) is 0 Å². The third-order valence-electron chi connectivity index (χ3n) is 5.03. The average Bonchev–Trinajstić information content (AvgIpc) is 3.15. The van der Waals surface area contributed by atoms with Gasteiger partial charge in [-0.1, -0.05) is 18.9 Å². The van der Waals surface area contributed by atoms with Crippen LogP contribution < -0.4 is 11.1 Å². The number of nitrogens with zero attached hydrogens (tertiary/aromatic N) is 2. The van der Waals surface area contributed by atoms with Crippen molar-refractivity contribution >= 4 is 17.0 Å². The molecule has 1 aliphatic carbocycles. The molecule has 1 aromatic carbocycles. The van der Waals surface area contributed by atoms with Crippen molar-refractivity contribution in [3.8, 4) is 0 Å². The highest BCUT2D eigenvalue weighted by molar-refractivity contribution is 5.78. The summed E-state index contributed by atoms with van der Waals surface area (Å²) in [6.07, 6.45) is 9.49. The highest BCUT2D eigenvalue weighted by Crippen LogP contribution is 2.39. The molecule has 5 nitrogen and oxygen atoms in total. The van der Waals surface area contributed by atoms with E-state index in [2.05, 4.69) is 44.6 Å². The molecule has 0 amide bonds. The number of anilines is 1. The van der Waals surface area contributed by atoms with E-state index in [0.29, 0.717) is 11.9 Å². The van der Waals surface area contributed by atoms with Crippen LogP contribution in [0.15, 0.2) is 30.6 Å². The molecule has 1 fully saturated rings. The van der Waals surface area contributed by atoms with Crippen molar-refractivity contribution in [2.45, 2.75) is 31.6 Å². The average molecular weight is 297 g/mol. The van der Waals surface area contributed by atoms with Crippen molar-refractivity contribution < 1.29 is 0 Å². The van der Waals surface area contributed by atoms with Crippen molar-refractivity contribution in [1.82, 2.24) is 20.2 Å². The number of nitrogens with two attached hydrogens (primary N) is 1. The molecule has 1 saturated carbocycles. The van der Waals surface area contributed by atoms with Crippen LogP contribution in [0.4, 0.5) is 5.95 Å². The van der Waals surface area contributed by atoms with Crippen LogP contribution in [-0.2, 0) is 0 Å². The largest absolute Gasteiger partial charge is 0.373 e. The fraction of sp³-hybridized carbons (Fsp3) is 0.471. The second-order valence-corrected chi connectivity index (χ2v) is 6.50. The van der Waals surface area contributed by atoms with Crippen LogP contribution in [0.2, 0.25) is 0 Å². The van der Waals surface area contributed by atoms with Crippen LogP contribution in [0.1, 0.15) is 37.2 Å². The summed E-state index contributed by atoms with van der Waals surface area (Å²) in [5, 5.41) is 3.26. The van der Waals surface area contributed by atoms with E-state index in [1.807, 2.05) is 6.20 Å². The Bertz CT molecular complexity index is 689. The SMILES string of the molecule is Nc1nc2ccc(C3CCCCC3CN3C=CNC3)cc2[nH]1. The molecule has 116 valence electrons.